The maximum absolute atomic E-state index is 6.69. The fourth-order valence-electron chi connectivity index (χ4n) is 2.93. The first-order valence-corrected chi connectivity index (χ1v) is 7.28. The molecule has 1 heterocycles. The van der Waals surface area contributed by atoms with Gasteiger partial charge in [0, 0.05) is 23.0 Å². The Morgan fingerprint density at radius 2 is 2.22 bits per heavy atom. The molecule has 0 radical (unpaired) electrons. The molecule has 0 fully saturated rings. The maximum atomic E-state index is 6.69. The van der Waals surface area contributed by atoms with Crippen LogP contribution in [0, 0.1) is 6.92 Å². The van der Waals surface area contributed by atoms with Gasteiger partial charge in [0.05, 0.1) is 5.01 Å². The van der Waals surface area contributed by atoms with Crippen molar-refractivity contribution in [3.05, 3.63) is 51.5 Å². The number of rotatable bonds is 2. The zero-order chi connectivity index (χ0) is 12.6. The summed E-state index contributed by atoms with van der Waals surface area (Å²) < 4.78 is 0. The lowest BCUT2D eigenvalue weighted by atomic mass is 9.75. The minimum atomic E-state index is -0.201. The summed E-state index contributed by atoms with van der Waals surface area (Å²) >= 11 is 1.76. The zero-order valence-corrected chi connectivity index (χ0v) is 11.5. The summed E-state index contributed by atoms with van der Waals surface area (Å²) in [4.78, 5) is 5.63. The van der Waals surface area contributed by atoms with E-state index in [2.05, 4.69) is 29.2 Å². The van der Waals surface area contributed by atoms with Crippen LogP contribution in [0.3, 0.4) is 0 Å². The van der Waals surface area contributed by atoms with Crippen molar-refractivity contribution in [1.29, 1.82) is 0 Å². The Balaban J connectivity index is 1.95. The van der Waals surface area contributed by atoms with Gasteiger partial charge in [-0.15, -0.1) is 11.3 Å². The van der Waals surface area contributed by atoms with Crippen LogP contribution < -0.4 is 5.73 Å². The molecule has 0 saturated carbocycles. The number of nitrogens with zero attached hydrogens (tertiary/aromatic N) is 1. The van der Waals surface area contributed by atoms with E-state index < -0.39 is 0 Å². The third-order valence-corrected chi connectivity index (χ3v) is 4.69. The van der Waals surface area contributed by atoms with Gasteiger partial charge in [-0.05, 0) is 37.3 Å². The highest BCUT2D eigenvalue weighted by Gasteiger charge is 2.32. The Hall–Kier alpha value is -1.19. The van der Waals surface area contributed by atoms with Crippen molar-refractivity contribution in [2.24, 2.45) is 5.73 Å². The molecule has 1 aromatic heterocycles. The molecule has 1 atom stereocenters. The number of benzene rings is 1. The SMILES string of the molecule is Cc1ncc(CC2(N)CCCc3ccccc32)s1. The second-order valence-electron chi connectivity index (χ2n) is 5.19. The van der Waals surface area contributed by atoms with Gasteiger partial charge in [0.1, 0.15) is 0 Å². The predicted octanol–water partition coefficient (Wildman–Crippen LogP) is 3.18. The van der Waals surface area contributed by atoms with Crippen LogP contribution in [0.1, 0.15) is 33.9 Å². The summed E-state index contributed by atoms with van der Waals surface area (Å²) in [5, 5.41) is 1.12. The molecule has 2 N–H and O–H groups in total. The average molecular weight is 258 g/mol. The summed E-state index contributed by atoms with van der Waals surface area (Å²) in [6, 6.07) is 8.63. The molecule has 0 amide bonds. The van der Waals surface area contributed by atoms with Crippen LogP contribution in [0.2, 0.25) is 0 Å². The minimum absolute atomic E-state index is 0.201. The lowest BCUT2D eigenvalue weighted by molar-refractivity contribution is 0.371. The van der Waals surface area contributed by atoms with Crippen LogP contribution in [-0.2, 0) is 18.4 Å². The van der Waals surface area contributed by atoms with E-state index in [4.69, 9.17) is 5.73 Å². The number of aryl methyl sites for hydroxylation is 2. The third kappa shape index (κ3) is 2.08. The minimum Gasteiger partial charge on any atom is -0.321 e. The fourth-order valence-corrected chi connectivity index (χ4v) is 3.85. The number of aromatic nitrogens is 1. The van der Waals surface area contributed by atoms with Crippen molar-refractivity contribution >= 4 is 11.3 Å². The van der Waals surface area contributed by atoms with Crippen molar-refractivity contribution in [2.75, 3.05) is 0 Å². The molecule has 0 aliphatic heterocycles. The number of nitrogens with two attached hydrogens (primary N) is 1. The molecule has 94 valence electrons. The highest BCUT2D eigenvalue weighted by atomic mass is 32.1. The van der Waals surface area contributed by atoms with E-state index in [1.54, 1.807) is 11.3 Å². The van der Waals surface area contributed by atoms with Crippen molar-refractivity contribution in [3.63, 3.8) is 0 Å². The number of fused-ring (bicyclic) bond motifs is 1. The molecular formula is C15H18N2S. The van der Waals surface area contributed by atoms with Gasteiger partial charge >= 0.3 is 0 Å². The van der Waals surface area contributed by atoms with E-state index in [0.29, 0.717) is 0 Å². The van der Waals surface area contributed by atoms with Gasteiger partial charge in [0.2, 0.25) is 0 Å². The van der Waals surface area contributed by atoms with Gasteiger partial charge < -0.3 is 5.73 Å². The first-order valence-electron chi connectivity index (χ1n) is 6.46. The number of thiazole rings is 1. The van der Waals surface area contributed by atoms with Crippen LogP contribution >= 0.6 is 11.3 Å². The lowest BCUT2D eigenvalue weighted by Gasteiger charge is -2.35. The van der Waals surface area contributed by atoms with Crippen LogP contribution in [0.25, 0.3) is 0 Å². The first-order chi connectivity index (χ1) is 8.67. The Bertz CT molecular complexity index is 561. The molecule has 0 bridgehead atoms. The van der Waals surface area contributed by atoms with Crippen LogP contribution in [0.4, 0.5) is 0 Å². The molecule has 0 saturated heterocycles. The highest BCUT2D eigenvalue weighted by molar-refractivity contribution is 7.11. The predicted molar refractivity (Wildman–Crippen MR) is 75.8 cm³/mol. The Labute approximate surface area is 112 Å². The summed E-state index contributed by atoms with van der Waals surface area (Å²) in [7, 11) is 0. The second-order valence-corrected chi connectivity index (χ2v) is 6.51. The molecule has 1 aromatic carbocycles. The summed E-state index contributed by atoms with van der Waals surface area (Å²) in [6.45, 7) is 2.05. The number of hydrogen-bond donors (Lipinski definition) is 1. The Kier molecular flexibility index (Phi) is 2.96. The molecule has 1 unspecified atom stereocenters. The van der Waals surface area contributed by atoms with Crippen molar-refractivity contribution in [3.8, 4) is 0 Å². The fraction of sp³-hybridized carbons (Fsp3) is 0.400. The van der Waals surface area contributed by atoms with E-state index >= 15 is 0 Å². The van der Waals surface area contributed by atoms with E-state index in [-0.39, 0.29) is 5.54 Å². The monoisotopic (exact) mass is 258 g/mol. The maximum Gasteiger partial charge on any atom is 0.0896 e. The quantitative estimate of drug-likeness (QED) is 0.898. The molecule has 0 spiro atoms. The largest absolute Gasteiger partial charge is 0.321 e. The molecule has 1 aliphatic carbocycles. The average Bonchev–Trinajstić information content (AvgIpc) is 2.75. The molecule has 3 rings (SSSR count). The molecule has 2 aromatic rings. The van der Waals surface area contributed by atoms with Gasteiger partial charge in [-0.2, -0.15) is 0 Å². The molecule has 1 aliphatic rings. The summed E-state index contributed by atoms with van der Waals surface area (Å²) in [5.74, 6) is 0. The second kappa shape index (κ2) is 4.48. The van der Waals surface area contributed by atoms with E-state index in [1.165, 1.54) is 22.4 Å². The summed E-state index contributed by atoms with van der Waals surface area (Å²) in [5.41, 5.74) is 9.25. The van der Waals surface area contributed by atoms with E-state index in [9.17, 15) is 0 Å². The van der Waals surface area contributed by atoms with Gasteiger partial charge in [-0.3, -0.25) is 0 Å². The smallest absolute Gasteiger partial charge is 0.0896 e. The first kappa shape index (κ1) is 11.9. The van der Waals surface area contributed by atoms with Crippen LogP contribution in [-0.4, -0.2) is 4.98 Å². The Morgan fingerprint density at radius 1 is 1.39 bits per heavy atom. The van der Waals surface area contributed by atoms with Gasteiger partial charge in [0.25, 0.3) is 0 Å². The zero-order valence-electron chi connectivity index (χ0n) is 10.6. The van der Waals surface area contributed by atoms with Crippen molar-refractivity contribution in [1.82, 2.24) is 4.98 Å². The normalized spacial score (nSPS) is 22.8. The summed E-state index contributed by atoms with van der Waals surface area (Å²) in [6.07, 6.45) is 6.31. The van der Waals surface area contributed by atoms with Gasteiger partial charge in [0.15, 0.2) is 0 Å². The van der Waals surface area contributed by atoms with Gasteiger partial charge in [-0.25, -0.2) is 4.98 Å². The van der Waals surface area contributed by atoms with Crippen molar-refractivity contribution < 1.29 is 0 Å². The third-order valence-electron chi connectivity index (χ3n) is 3.78. The molecule has 3 heteroatoms. The van der Waals surface area contributed by atoms with E-state index in [1.807, 2.05) is 13.1 Å². The lowest BCUT2D eigenvalue weighted by Crippen LogP contribution is -2.41. The van der Waals surface area contributed by atoms with E-state index in [0.717, 1.165) is 24.3 Å². The standard InChI is InChI=1S/C15H18N2S/c1-11-17-10-13(18-11)9-15(16)8-4-6-12-5-2-3-7-14(12)15/h2-3,5,7,10H,4,6,8-9,16H2,1H3. The highest BCUT2D eigenvalue weighted by Crippen LogP contribution is 2.36. The van der Waals surface area contributed by atoms with Crippen molar-refractivity contribution in [2.45, 2.75) is 38.1 Å². The molecule has 2 nitrogen and oxygen atoms in total. The molecule has 18 heavy (non-hydrogen) atoms. The van der Waals surface area contributed by atoms with Crippen LogP contribution in [0.5, 0.6) is 0 Å². The van der Waals surface area contributed by atoms with Crippen LogP contribution in [0.15, 0.2) is 30.5 Å². The topological polar surface area (TPSA) is 38.9 Å². The van der Waals surface area contributed by atoms with Gasteiger partial charge in [-0.1, -0.05) is 24.3 Å². The molecular weight excluding hydrogens is 240 g/mol. The Morgan fingerprint density at radius 3 is 3.00 bits per heavy atom. The number of hydrogen-bond acceptors (Lipinski definition) is 3.